The van der Waals surface area contributed by atoms with E-state index < -0.39 is 14.1 Å². The molecule has 0 spiro atoms. The molecule has 0 aromatic rings. The van der Waals surface area contributed by atoms with Crippen LogP contribution in [-0.2, 0) is 4.79 Å². The Balaban J connectivity index is 2.49. The summed E-state index contributed by atoms with van der Waals surface area (Å²) in [7, 11) is -1.43. The highest BCUT2D eigenvalue weighted by Gasteiger charge is 2.24. The first-order valence-electron chi connectivity index (χ1n) is 7.02. The largest absolute Gasteiger partial charge is 0.478 e. The average Bonchev–Trinajstić information content (AvgIpc) is 2.35. The van der Waals surface area contributed by atoms with Crippen molar-refractivity contribution in [1.82, 2.24) is 0 Å². The molecule has 0 aliphatic heterocycles. The summed E-state index contributed by atoms with van der Waals surface area (Å²) in [5.41, 5.74) is 7.12. The van der Waals surface area contributed by atoms with E-state index in [0.717, 1.165) is 12.0 Å². The monoisotopic (exact) mass is 287 g/mol. The maximum atomic E-state index is 11.1. The summed E-state index contributed by atoms with van der Waals surface area (Å²) in [5.74, 6) is -0.584. The smallest absolute Gasteiger partial charge is 0.331 e. The molecule has 0 radical (unpaired) electrons. The molecule has 0 amide bonds. The van der Waals surface area contributed by atoms with Gasteiger partial charge in [0.1, 0.15) is 0 Å². The van der Waals surface area contributed by atoms with E-state index in [1.54, 1.807) is 13.8 Å². The van der Waals surface area contributed by atoms with Crippen LogP contribution in [0.5, 0.6) is 0 Å². The summed E-state index contributed by atoms with van der Waals surface area (Å²) < 4.78 is 0. The molecule has 0 aromatic carbocycles. The first-order valence-corrected chi connectivity index (χ1v) is 8.57. The molecule has 4 nitrogen and oxygen atoms in total. The van der Waals surface area contributed by atoms with Crippen molar-refractivity contribution in [2.24, 2.45) is 11.7 Å². The molecule has 2 unspecified atom stereocenters. The van der Waals surface area contributed by atoms with Crippen molar-refractivity contribution in [3.05, 3.63) is 11.1 Å². The zero-order valence-electron chi connectivity index (χ0n) is 11.9. The molecule has 2 atom stereocenters. The summed E-state index contributed by atoms with van der Waals surface area (Å²) >= 11 is 0. The van der Waals surface area contributed by atoms with Gasteiger partial charge in [-0.25, -0.2) is 4.79 Å². The van der Waals surface area contributed by atoms with Crippen LogP contribution in [0.15, 0.2) is 11.1 Å². The quantitative estimate of drug-likeness (QED) is 0.518. The molecule has 19 heavy (non-hydrogen) atoms. The lowest BCUT2D eigenvalue weighted by atomic mass is 9.87. The molecule has 1 aliphatic carbocycles. The lowest BCUT2D eigenvalue weighted by Gasteiger charge is -2.27. The van der Waals surface area contributed by atoms with Crippen molar-refractivity contribution in [1.29, 1.82) is 0 Å². The summed E-state index contributed by atoms with van der Waals surface area (Å²) in [6.07, 6.45) is 7.26. The molecule has 4 N–H and O–H groups in total. The molecular formula is C14H26NO3P. The minimum atomic E-state index is -1.43. The Kier molecular flexibility index (Phi) is 6.98. The van der Waals surface area contributed by atoms with Crippen molar-refractivity contribution in [3.8, 4) is 0 Å². The third-order valence-electron chi connectivity index (χ3n) is 3.86. The van der Waals surface area contributed by atoms with Crippen molar-refractivity contribution in [2.75, 3.05) is 6.16 Å². The average molecular weight is 287 g/mol. The number of allylic oxidation sites excluding steroid dienone is 1. The van der Waals surface area contributed by atoms with Crippen LogP contribution in [0.4, 0.5) is 0 Å². The SMILES string of the molecule is CC(C)=C(CP(O)C(N)CC1CCCCC1)C(=O)O. The second-order valence-electron chi connectivity index (χ2n) is 5.69. The van der Waals surface area contributed by atoms with Crippen LogP contribution in [0.3, 0.4) is 0 Å². The Hall–Kier alpha value is -0.440. The second-order valence-corrected chi connectivity index (χ2v) is 7.55. The maximum absolute atomic E-state index is 11.1. The van der Waals surface area contributed by atoms with Crippen LogP contribution in [0, 0.1) is 5.92 Å². The Bertz CT molecular complexity index is 334. The molecule has 1 rings (SSSR count). The summed E-state index contributed by atoms with van der Waals surface area (Å²) in [6, 6.07) is 0. The minimum Gasteiger partial charge on any atom is -0.478 e. The van der Waals surface area contributed by atoms with Crippen LogP contribution in [-0.4, -0.2) is 27.9 Å². The molecule has 1 aliphatic rings. The highest BCUT2D eigenvalue weighted by Crippen LogP contribution is 2.41. The van der Waals surface area contributed by atoms with Gasteiger partial charge in [-0.2, -0.15) is 0 Å². The Labute approximate surface area is 116 Å². The van der Waals surface area contributed by atoms with Gasteiger partial charge in [0.05, 0.1) is 0 Å². The molecule has 0 heterocycles. The topological polar surface area (TPSA) is 83.5 Å². The number of hydrogen-bond donors (Lipinski definition) is 3. The van der Waals surface area contributed by atoms with Gasteiger partial charge < -0.3 is 15.7 Å². The minimum absolute atomic E-state index is 0.209. The fraction of sp³-hybridized carbons (Fsp3) is 0.786. The lowest BCUT2D eigenvalue weighted by Crippen LogP contribution is -2.25. The van der Waals surface area contributed by atoms with Crippen LogP contribution in [0.2, 0.25) is 0 Å². The first kappa shape index (κ1) is 16.6. The Morgan fingerprint density at radius 1 is 1.32 bits per heavy atom. The van der Waals surface area contributed by atoms with Crippen LogP contribution >= 0.6 is 8.15 Å². The van der Waals surface area contributed by atoms with Gasteiger partial charge in [0.25, 0.3) is 0 Å². The highest BCUT2D eigenvalue weighted by molar-refractivity contribution is 7.52. The fourth-order valence-corrected chi connectivity index (χ4v) is 4.16. The zero-order chi connectivity index (χ0) is 14.4. The lowest BCUT2D eigenvalue weighted by molar-refractivity contribution is -0.132. The van der Waals surface area contributed by atoms with Crippen LogP contribution in [0.1, 0.15) is 52.4 Å². The number of hydrogen-bond acceptors (Lipinski definition) is 3. The van der Waals surface area contributed by atoms with Crippen molar-refractivity contribution >= 4 is 14.1 Å². The van der Waals surface area contributed by atoms with E-state index in [1.165, 1.54) is 32.1 Å². The van der Waals surface area contributed by atoms with E-state index in [0.29, 0.717) is 11.5 Å². The zero-order valence-corrected chi connectivity index (χ0v) is 12.8. The van der Waals surface area contributed by atoms with Gasteiger partial charge in [-0.3, -0.25) is 0 Å². The summed E-state index contributed by atoms with van der Waals surface area (Å²) in [5, 5.41) is 9.10. The number of carboxylic acids is 1. The summed E-state index contributed by atoms with van der Waals surface area (Å²) in [6.45, 7) is 3.53. The van der Waals surface area contributed by atoms with E-state index in [2.05, 4.69) is 0 Å². The standard InChI is InChI=1S/C14H26NO3P/c1-10(2)12(14(16)17)9-19(18)13(15)8-11-6-4-3-5-7-11/h11,13,18H,3-9,15H2,1-2H3,(H,16,17). The first-order chi connectivity index (χ1) is 8.91. The van der Waals surface area contributed by atoms with Gasteiger partial charge >= 0.3 is 5.97 Å². The van der Waals surface area contributed by atoms with Gasteiger partial charge in [0.2, 0.25) is 0 Å². The molecule has 0 bridgehead atoms. The Morgan fingerprint density at radius 2 is 1.89 bits per heavy atom. The second kappa shape index (κ2) is 7.98. The number of carbonyl (C=O) groups is 1. The highest BCUT2D eigenvalue weighted by atomic mass is 31.1. The normalized spacial score (nSPS) is 19.8. The van der Waals surface area contributed by atoms with Gasteiger partial charge in [-0.05, 0) is 26.2 Å². The van der Waals surface area contributed by atoms with Crippen molar-refractivity contribution in [3.63, 3.8) is 0 Å². The van der Waals surface area contributed by atoms with E-state index in [4.69, 9.17) is 10.8 Å². The maximum Gasteiger partial charge on any atom is 0.331 e. The number of nitrogens with two attached hydrogens (primary N) is 1. The molecule has 110 valence electrons. The third kappa shape index (κ3) is 5.60. The molecular weight excluding hydrogens is 261 g/mol. The number of aliphatic carboxylic acids is 1. The predicted octanol–water partition coefficient (Wildman–Crippen LogP) is 3.05. The van der Waals surface area contributed by atoms with E-state index >= 15 is 0 Å². The molecule has 0 saturated heterocycles. The van der Waals surface area contributed by atoms with Crippen molar-refractivity contribution in [2.45, 2.75) is 58.2 Å². The van der Waals surface area contributed by atoms with Gasteiger partial charge in [0.15, 0.2) is 0 Å². The van der Waals surface area contributed by atoms with E-state index in [9.17, 15) is 9.69 Å². The van der Waals surface area contributed by atoms with Gasteiger partial charge in [0, 0.05) is 25.7 Å². The third-order valence-corrected chi connectivity index (χ3v) is 5.48. The van der Waals surface area contributed by atoms with Crippen LogP contribution in [0.25, 0.3) is 0 Å². The number of rotatable bonds is 6. The van der Waals surface area contributed by atoms with Gasteiger partial charge in [-0.1, -0.05) is 37.7 Å². The summed E-state index contributed by atoms with van der Waals surface area (Å²) in [4.78, 5) is 21.2. The molecule has 1 saturated carbocycles. The predicted molar refractivity (Wildman–Crippen MR) is 79.2 cm³/mol. The van der Waals surface area contributed by atoms with Gasteiger partial charge in [-0.15, -0.1) is 0 Å². The van der Waals surface area contributed by atoms with Crippen molar-refractivity contribution < 1.29 is 14.8 Å². The van der Waals surface area contributed by atoms with E-state index in [1.807, 2.05) is 0 Å². The molecule has 0 aromatic heterocycles. The van der Waals surface area contributed by atoms with E-state index in [-0.39, 0.29) is 11.9 Å². The molecule has 5 heteroatoms. The Morgan fingerprint density at radius 3 is 2.37 bits per heavy atom. The molecule has 1 fully saturated rings. The fourth-order valence-electron chi connectivity index (χ4n) is 2.60. The van der Waals surface area contributed by atoms with Crippen LogP contribution < -0.4 is 5.73 Å². The number of carboxylic acid groups (broad SMARTS) is 1.